The van der Waals surface area contributed by atoms with E-state index in [1.807, 2.05) is 0 Å². The third-order valence-electron chi connectivity index (χ3n) is 10.8. The molecule has 0 heterocycles. The minimum absolute atomic E-state index is 1.14. The zero-order valence-corrected chi connectivity index (χ0v) is 29.3. The Balaban J connectivity index is 1.42. The monoisotopic (exact) mass is 604 g/mol. The Hall–Kier alpha value is -3.83. The number of hydrogen-bond acceptors (Lipinski definition) is 0. The molecule has 0 aliphatic heterocycles. The Morgan fingerprint density at radius 3 is 1.09 bits per heavy atom. The van der Waals surface area contributed by atoms with E-state index in [0.29, 0.717) is 0 Å². The van der Waals surface area contributed by atoms with Gasteiger partial charge in [-0.1, -0.05) is 89.8 Å². The average Bonchev–Trinajstić information content (AvgIpc) is 3.07. The molecule has 0 aliphatic carbocycles. The Labute approximate surface area is 265 Å². The van der Waals surface area contributed by atoms with Gasteiger partial charge in [0, 0.05) is 11.1 Å². The van der Waals surface area contributed by atoms with E-state index in [4.69, 9.17) is 0 Å². The van der Waals surface area contributed by atoms with Crippen molar-refractivity contribution in [3.8, 4) is 22.9 Å². The maximum Gasteiger partial charge on any atom is 0.138 e. The predicted molar refractivity (Wildman–Crippen MR) is 202 cm³/mol. The molecule has 0 N–H and O–H groups in total. The molecule has 0 radical (unpaired) electrons. The molecule has 0 fully saturated rings. The largest absolute Gasteiger partial charge is 0.138 e. The smallest absolute Gasteiger partial charge is 0.126 e. The van der Waals surface area contributed by atoms with Gasteiger partial charge in [0.25, 0.3) is 0 Å². The average molecular weight is 605 g/mol. The third kappa shape index (κ3) is 5.47. The molecule has 0 atom stereocenters. The Morgan fingerprint density at radius 2 is 0.727 bits per heavy atom. The summed E-state index contributed by atoms with van der Waals surface area (Å²) in [4.78, 5) is 0. The van der Waals surface area contributed by atoms with Crippen LogP contribution in [0.5, 0.6) is 0 Å². The lowest BCUT2D eigenvalue weighted by Gasteiger charge is -2.20. The summed E-state index contributed by atoms with van der Waals surface area (Å²) in [5.74, 6) is 7.15. The van der Waals surface area contributed by atoms with Crippen molar-refractivity contribution in [1.82, 2.24) is 0 Å². The van der Waals surface area contributed by atoms with Gasteiger partial charge in [0.15, 0.2) is 0 Å². The normalized spacial score (nSPS) is 12.0. The van der Waals surface area contributed by atoms with Gasteiger partial charge in [0.1, 0.15) is 16.1 Å². The molecule has 0 spiro atoms. The zero-order valence-electron chi connectivity index (χ0n) is 27.3. The maximum atomic E-state index is 3.76. The molecule has 0 aromatic heterocycles. The van der Waals surface area contributed by atoms with Gasteiger partial charge < -0.3 is 0 Å². The van der Waals surface area contributed by atoms with Crippen LogP contribution in [0.25, 0.3) is 53.9 Å². The first-order valence-corrected chi connectivity index (χ1v) is 22.0. The maximum absolute atomic E-state index is 3.76. The fraction of sp³-hybridized carbons (Fsp3) is 0.286. The highest BCUT2D eigenvalue weighted by Crippen LogP contribution is 2.35. The van der Waals surface area contributed by atoms with Gasteiger partial charge in [-0.05, 0) is 139 Å². The van der Waals surface area contributed by atoms with Crippen LogP contribution in [0.4, 0.5) is 0 Å². The molecule has 0 bridgehead atoms. The zero-order chi connectivity index (χ0) is 30.9. The molecule has 0 unspecified atom stereocenters. The summed E-state index contributed by atoms with van der Waals surface area (Å²) in [5.41, 5.74) is 9.80. The number of rotatable bonds is 6. The molecule has 0 amide bonds. The molecule has 220 valence electrons. The first-order chi connectivity index (χ1) is 21.4. The van der Waals surface area contributed by atoms with Crippen molar-refractivity contribution in [1.29, 1.82) is 0 Å². The standard InChI is InChI=1S/C42H44Si2/c1-7-43(8-2,9-3)23-21-31-13-15-33-29-41-35(27-37(33)25-31)17-19-40-39(41)20-18-36-28-38-26-32(14-16-34(38)30-42(36)40)22-24-44(10-4,11-5)12-6/h13-20,25-30H,7-12H2,1-6H3. The van der Waals surface area contributed by atoms with Gasteiger partial charge in [0.05, 0.1) is 0 Å². The lowest BCUT2D eigenvalue weighted by molar-refractivity contribution is 1.20. The summed E-state index contributed by atoms with van der Waals surface area (Å²) < 4.78 is 0. The molecular weight excluding hydrogens is 561 g/mol. The van der Waals surface area contributed by atoms with Crippen molar-refractivity contribution in [3.63, 3.8) is 0 Å². The molecule has 0 saturated carbocycles. The summed E-state index contributed by atoms with van der Waals surface area (Å²) in [7, 11) is -2.93. The highest BCUT2D eigenvalue weighted by atomic mass is 28.3. The fourth-order valence-corrected chi connectivity index (χ4v) is 11.8. The number of benzene rings is 6. The van der Waals surface area contributed by atoms with E-state index in [2.05, 4.69) is 149 Å². The first kappa shape index (κ1) is 30.2. The van der Waals surface area contributed by atoms with E-state index in [9.17, 15) is 0 Å². The summed E-state index contributed by atoms with van der Waals surface area (Å²) in [6.07, 6.45) is 0. The van der Waals surface area contributed by atoms with Crippen LogP contribution in [0.15, 0.2) is 84.9 Å². The lowest BCUT2D eigenvalue weighted by Crippen LogP contribution is -2.29. The van der Waals surface area contributed by atoms with Crippen LogP contribution in [-0.2, 0) is 0 Å². The van der Waals surface area contributed by atoms with Gasteiger partial charge in [-0.15, -0.1) is 11.1 Å². The minimum atomic E-state index is -1.47. The van der Waals surface area contributed by atoms with Crippen molar-refractivity contribution in [2.75, 3.05) is 0 Å². The van der Waals surface area contributed by atoms with E-state index in [0.717, 1.165) is 11.1 Å². The Kier molecular flexibility index (Phi) is 8.43. The second-order valence-corrected chi connectivity index (χ2v) is 22.5. The van der Waals surface area contributed by atoms with E-state index in [-0.39, 0.29) is 0 Å². The summed E-state index contributed by atoms with van der Waals surface area (Å²) in [6, 6.07) is 39.6. The molecule has 6 aromatic carbocycles. The van der Waals surface area contributed by atoms with Crippen molar-refractivity contribution in [2.45, 2.75) is 77.8 Å². The Bertz CT molecular complexity index is 1980. The van der Waals surface area contributed by atoms with Crippen LogP contribution in [0.2, 0.25) is 36.3 Å². The van der Waals surface area contributed by atoms with E-state index in [1.165, 1.54) is 90.1 Å². The van der Waals surface area contributed by atoms with Crippen molar-refractivity contribution in [3.05, 3.63) is 96.1 Å². The van der Waals surface area contributed by atoms with Crippen LogP contribution >= 0.6 is 0 Å². The Morgan fingerprint density at radius 1 is 0.364 bits per heavy atom. The van der Waals surface area contributed by atoms with Gasteiger partial charge in [0.2, 0.25) is 0 Å². The molecule has 0 saturated heterocycles. The van der Waals surface area contributed by atoms with Gasteiger partial charge in [-0.25, -0.2) is 0 Å². The third-order valence-corrected chi connectivity index (χ3v) is 20.2. The predicted octanol–water partition coefficient (Wildman–Crippen LogP) is 12.3. The number of fused-ring (bicyclic) bond motifs is 7. The van der Waals surface area contributed by atoms with Gasteiger partial charge in [-0.3, -0.25) is 0 Å². The first-order valence-electron chi connectivity index (χ1n) is 16.7. The second kappa shape index (κ2) is 12.3. The minimum Gasteiger partial charge on any atom is -0.126 e. The SMILES string of the molecule is CC[Si](C#Cc1ccc2cc3c(ccc4c5cc6ccc(C#C[Si](CC)(CC)CC)cc6cc5ccc34)cc2c1)(CC)CC. The molecule has 44 heavy (non-hydrogen) atoms. The molecule has 0 aliphatic rings. The fourth-order valence-electron chi connectivity index (χ4n) is 6.96. The highest BCUT2D eigenvalue weighted by molar-refractivity contribution is 6.87. The van der Waals surface area contributed by atoms with Crippen LogP contribution in [0.1, 0.15) is 52.7 Å². The van der Waals surface area contributed by atoms with E-state index >= 15 is 0 Å². The summed E-state index contributed by atoms with van der Waals surface area (Å²) >= 11 is 0. The summed E-state index contributed by atoms with van der Waals surface area (Å²) in [6.45, 7) is 13.9. The van der Waals surface area contributed by atoms with Gasteiger partial charge in [-0.2, -0.15) is 0 Å². The molecule has 0 nitrogen and oxygen atoms in total. The van der Waals surface area contributed by atoms with Gasteiger partial charge >= 0.3 is 0 Å². The molecule has 2 heteroatoms. The number of hydrogen-bond donors (Lipinski definition) is 0. The van der Waals surface area contributed by atoms with Crippen molar-refractivity contribution >= 4 is 70.0 Å². The topological polar surface area (TPSA) is 0 Å². The summed E-state index contributed by atoms with van der Waals surface area (Å²) in [5, 5.41) is 12.9. The second-order valence-electron chi connectivity index (χ2n) is 12.7. The van der Waals surface area contributed by atoms with Crippen LogP contribution < -0.4 is 0 Å². The van der Waals surface area contributed by atoms with Crippen LogP contribution in [0.3, 0.4) is 0 Å². The van der Waals surface area contributed by atoms with E-state index < -0.39 is 16.1 Å². The quantitative estimate of drug-likeness (QED) is 0.0768. The molecule has 6 rings (SSSR count). The lowest BCUT2D eigenvalue weighted by atomic mass is 9.93. The molecular formula is C42H44Si2. The van der Waals surface area contributed by atoms with Crippen LogP contribution in [-0.4, -0.2) is 16.1 Å². The van der Waals surface area contributed by atoms with Crippen molar-refractivity contribution in [2.24, 2.45) is 0 Å². The molecule has 6 aromatic rings. The highest BCUT2D eigenvalue weighted by Gasteiger charge is 2.25. The van der Waals surface area contributed by atoms with Crippen LogP contribution in [0, 0.1) is 22.9 Å². The van der Waals surface area contributed by atoms with E-state index in [1.54, 1.807) is 0 Å². The van der Waals surface area contributed by atoms with Crippen molar-refractivity contribution < 1.29 is 0 Å².